The number of hydrogen-bond donors (Lipinski definition) is 2. The zero-order valence-corrected chi connectivity index (χ0v) is 23.8. The lowest BCUT2D eigenvalue weighted by Gasteiger charge is -2.36. The lowest BCUT2D eigenvalue weighted by molar-refractivity contribution is -0.131. The summed E-state index contributed by atoms with van der Waals surface area (Å²) in [5, 5.41) is 6.17. The summed E-state index contributed by atoms with van der Waals surface area (Å²) >= 11 is 0. The Morgan fingerprint density at radius 1 is 0.919 bits per heavy atom. The predicted molar refractivity (Wildman–Crippen MR) is 148 cm³/mol. The molecule has 7 heteroatoms. The summed E-state index contributed by atoms with van der Waals surface area (Å²) in [5.74, 6) is -0.439. The molecule has 2 heterocycles. The van der Waals surface area contributed by atoms with Crippen molar-refractivity contribution in [2.75, 3.05) is 27.3 Å². The highest BCUT2D eigenvalue weighted by Crippen LogP contribution is 2.28. The van der Waals surface area contributed by atoms with Gasteiger partial charge < -0.3 is 20.3 Å². The van der Waals surface area contributed by atoms with E-state index in [-0.39, 0.29) is 22.6 Å². The van der Waals surface area contributed by atoms with Gasteiger partial charge in [-0.2, -0.15) is 0 Å². The van der Waals surface area contributed by atoms with Crippen molar-refractivity contribution in [2.24, 2.45) is 0 Å². The summed E-state index contributed by atoms with van der Waals surface area (Å²) < 4.78 is 5.55. The molecule has 0 spiro atoms. The number of carbonyl (C=O) groups excluding carboxylic acids is 2. The van der Waals surface area contributed by atoms with Crippen molar-refractivity contribution in [3.05, 3.63) is 64.5 Å². The molecule has 0 aliphatic carbocycles. The maximum Gasteiger partial charge on any atom is 0.252 e. The smallest absolute Gasteiger partial charge is 0.252 e. The minimum absolute atomic E-state index is 0.178. The Hall–Kier alpha value is -2.77. The molecule has 2 aromatic rings. The number of nitrogens with zero attached hydrogens (tertiary/aromatic N) is 2. The number of pyridine rings is 1. The zero-order valence-electron chi connectivity index (χ0n) is 23.8. The maximum atomic E-state index is 13.6. The molecule has 1 fully saturated rings. The third-order valence-corrected chi connectivity index (χ3v) is 6.73. The average molecular weight is 509 g/mol. The number of ether oxygens (including phenoxy) is 1. The molecule has 0 unspecified atom stereocenters. The average Bonchev–Trinajstić information content (AvgIpc) is 2.82. The lowest BCUT2D eigenvalue weighted by Crippen LogP contribution is -2.61. The van der Waals surface area contributed by atoms with Gasteiger partial charge in [-0.15, -0.1) is 0 Å². The fourth-order valence-corrected chi connectivity index (χ4v) is 4.33. The molecule has 2 amide bonds. The molecule has 0 bridgehead atoms. The minimum atomic E-state index is -1.02. The fourth-order valence-electron chi connectivity index (χ4n) is 4.33. The largest absolute Gasteiger partial charge is 0.381 e. The summed E-state index contributed by atoms with van der Waals surface area (Å²) in [6, 6.07) is 11.9. The van der Waals surface area contributed by atoms with Crippen LogP contribution in [0.25, 0.3) is 0 Å². The van der Waals surface area contributed by atoms with Crippen LogP contribution in [-0.2, 0) is 33.5 Å². The molecular weight excluding hydrogens is 464 g/mol. The highest BCUT2D eigenvalue weighted by Gasteiger charge is 2.41. The second-order valence-electron chi connectivity index (χ2n) is 12.5. The number of aromatic nitrogens is 1. The quantitative estimate of drug-likeness (QED) is 0.582. The van der Waals surface area contributed by atoms with Crippen molar-refractivity contribution in [2.45, 2.75) is 83.8 Å². The second-order valence-corrected chi connectivity index (χ2v) is 12.5. The van der Waals surface area contributed by atoms with Crippen molar-refractivity contribution in [3.63, 3.8) is 0 Å². The number of nitrogens with one attached hydrogen (secondary N) is 2. The zero-order chi connectivity index (χ0) is 27.4. The monoisotopic (exact) mass is 508 g/mol. The van der Waals surface area contributed by atoms with E-state index in [9.17, 15) is 9.59 Å². The second kappa shape index (κ2) is 11.3. The Labute approximate surface area is 222 Å². The molecule has 1 aromatic heterocycles. The van der Waals surface area contributed by atoms with Gasteiger partial charge in [0.25, 0.3) is 5.91 Å². The van der Waals surface area contributed by atoms with Gasteiger partial charge in [0, 0.05) is 66.9 Å². The third kappa shape index (κ3) is 7.62. The first-order chi connectivity index (χ1) is 17.2. The molecule has 3 rings (SSSR count). The van der Waals surface area contributed by atoms with Crippen molar-refractivity contribution in [1.82, 2.24) is 20.5 Å². The fraction of sp³-hybridized carbons (Fsp3) is 0.567. The minimum Gasteiger partial charge on any atom is -0.381 e. The van der Waals surface area contributed by atoms with Crippen LogP contribution in [0.3, 0.4) is 0 Å². The van der Waals surface area contributed by atoms with Gasteiger partial charge in [0.2, 0.25) is 5.91 Å². The standard InChI is InChI=1S/C30H44N4O3/c1-28(2,3)24-17-23(18-25(32-24)29(4,5)6)26(35)33-30(13-15-37-16-14-30)27(36)31-19-21-9-11-22(12-10-21)20-34(7)8/h9-12,17-18H,13-16,19-20H2,1-8H3,(H,31,36)(H,33,35). The van der Waals surface area contributed by atoms with E-state index in [1.54, 1.807) is 0 Å². The van der Waals surface area contributed by atoms with Crippen LogP contribution in [0.5, 0.6) is 0 Å². The number of benzene rings is 1. The van der Waals surface area contributed by atoms with E-state index in [0.29, 0.717) is 38.2 Å². The summed E-state index contributed by atoms with van der Waals surface area (Å²) in [6.45, 7) is 14.6. The van der Waals surface area contributed by atoms with Crippen LogP contribution in [0.4, 0.5) is 0 Å². The Morgan fingerprint density at radius 3 is 1.92 bits per heavy atom. The molecule has 2 N–H and O–H groups in total. The van der Waals surface area contributed by atoms with Gasteiger partial charge in [-0.3, -0.25) is 14.6 Å². The molecule has 1 saturated heterocycles. The molecule has 0 saturated carbocycles. The van der Waals surface area contributed by atoms with Crippen LogP contribution >= 0.6 is 0 Å². The van der Waals surface area contributed by atoms with Gasteiger partial charge in [-0.1, -0.05) is 65.8 Å². The number of hydrogen-bond acceptors (Lipinski definition) is 5. The molecule has 202 valence electrons. The number of rotatable bonds is 7. The van der Waals surface area contributed by atoms with Crippen molar-refractivity contribution in [1.29, 1.82) is 0 Å². The van der Waals surface area contributed by atoms with Gasteiger partial charge in [0.1, 0.15) is 5.54 Å². The third-order valence-electron chi connectivity index (χ3n) is 6.73. The van der Waals surface area contributed by atoms with Crippen molar-refractivity contribution < 1.29 is 14.3 Å². The van der Waals surface area contributed by atoms with Gasteiger partial charge in [0.15, 0.2) is 0 Å². The van der Waals surface area contributed by atoms with Gasteiger partial charge in [-0.05, 0) is 37.4 Å². The van der Waals surface area contributed by atoms with Crippen LogP contribution < -0.4 is 10.6 Å². The maximum absolute atomic E-state index is 13.6. The van der Waals surface area contributed by atoms with E-state index in [0.717, 1.165) is 23.5 Å². The van der Waals surface area contributed by atoms with Crippen molar-refractivity contribution >= 4 is 11.8 Å². The molecule has 37 heavy (non-hydrogen) atoms. The molecular formula is C30H44N4O3. The lowest BCUT2D eigenvalue weighted by atomic mass is 9.85. The summed E-state index contributed by atoms with van der Waals surface area (Å²) in [6.07, 6.45) is 0.853. The van der Waals surface area contributed by atoms with Gasteiger partial charge in [0.05, 0.1) is 0 Å². The molecule has 0 atom stereocenters. The van der Waals surface area contributed by atoms with Crippen LogP contribution in [-0.4, -0.2) is 54.5 Å². The molecule has 7 nitrogen and oxygen atoms in total. The first-order valence-corrected chi connectivity index (χ1v) is 13.1. The molecule has 1 aromatic carbocycles. The van der Waals surface area contributed by atoms with Crippen LogP contribution in [0.2, 0.25) is 0 Å². The Balaban J connectivity index is 1.81. The molecule has 1 aliphatic rings. The molecule has 1 aliphatic heterocycles. The Bertz CT molecular complexity index is 1060. The summed E-state index contributed by atoms with van der Waals surface area (Å²) in [5.41, 5.74) is 3.02. The normalized spacial score (nSPS) is 15.9. The van der Waals surface area contributed by atoms with E-state index in [1.165, 1.54) is 5.56 Å². The van der Waals surface area contributed by atoms with Crippen LogP contribution in [0, 0.1) is 0 Å². The van der Waals surface area contributed by atoms with E-state index in [1.807, 2.05) is 38.4 Å². The van der Waals surface area contributed by atoms with E-state index in [4.69, 9.17) is 9.72 Å². The Kier molecular flexibility index (Phi) is 8.81. The summed E-state index contributed by atoms with van der Waals surface area (Å²) in [7, 11) is 4.07. The van der Waals surface area contributed by atoms with E-state index >= 15 is 0 Å². The van der Waals surface area contributed by atoms with E-state index in [2.05, 4.69) is 69.2 Å². The molecule has 0 radical (unpaired) electrons. The first kappa shape index (κ1) is 28.8. The summed E-state index contributed by atoms with van der Waals surface area (Å²) in [4.78, 5) is 34.1. The highest BCUT2D eigenvalue weighted by atomic mass is 16.5. The highest BCUT2D eigenvalue weighted by molar-refractivity contribution is 5.99. The SMILES string of the molecule is CN(C)Cc1ccc(CNC(=O)C2(NC(=O)c3cc(C(C)(C)C)nc(C(C)(C)C)c3)CCOCC2)cc1. The topological polar surface area (TPSA) is 83.6 Å². The van der Waals surface area contributed by atoms with E-state index < -0.39 is 5.54 Å². The van der Waals surface area contributed by atoms with Crippen LogP contribution in [0.15, 0.2) is 36.4 Å². The van der Waals surface area contributed by atoms with Gasteiger partial charge in [-0.25, -0.2) is 0 Å². The number of amides is 2. The number of carbonyl (C=O) groups is 2. The van der Waals surface area contributed by atoms with Gasteiger partial charge >= 0.3 is 0 Å². The first-order valence-electron chi connectivity index (χ1n) is 13.1. The predicted octanol–water partition coefficient (Wildman–Crippen LogP) is 4.33. The van der Waals surface area contributed by atoms with Crippen molar-refractivity contribution in [3.8, 4) is 0 Å². The Morgan fingerprint density at radius 2 is 1.43 bits per heavy atom. The van der Waals surface area contributed by atoms with Crippen LogP contribution in [0.1, 0.15) is 87.3 Å².